The van der Waals surface area contributed by atoms with E-state index in [0.717, 1.165) is 16.7 Å². The summed E-state index contributed by atoms with van der Waals surface area (Å²) >= 11 is 0. The van der Waals surface area contributed by atoms with Crippen LogP contribution in [-0.2, 0) is 27.1 Å². The van der Waals surface area contributed by atoms with E-state index in [2.05, 4.69) is 5.32 Å². The molecule has 0 saturated carbocycles. The Bertz CT molecular complexity index is 1340. The Morgan fingerprint density at radius 2 is 1.41 bits per heavy atom. The summed E-state index contributed by atoms with van der Waals surface area (Å²) in [7, 11) is 0. The molecule has 1 aliphatic rings. The summed E-state index contributed by atoms with van der Waals surface area (Å²) in [5.74, 6) is -1.02. The number of hydrogen-bond acceptors (Lipinski definition) is 5. The molecular formula is C34H38N2O5. The molecule has 0 radical (unpaired) electrons. The molecule has 7 nitrogen and oxygen atoms in total. The van der Waals surface area contributed by atoms with Gasteiger partial charge in [-0.1, -0.05) is 103 Å². The summed E-state index contributed by atoms with van der Waals surface area (Å²) in [6.07, 6.45) is 2.74. The Labute approximate surface area is 242 Å². The third kappa shape index (κ3) is 8.30. The fourth-order valence-electron chi connectivity index (χ4n) is 4.89. The van der Waals surface area contributed by atoms with Crippen LogP contribution >= 0.6 is 0 Å². The lowest BCUT2D eigenvalue weighted by atomic mass is 9.94. The van der Waals surface area contributed by atoms with Crippen molar-refractivity contribution in [1.82, 2.24) is 10.2 Å². The van der Waals surface area contributed by atoms with Gasteiger partial charge in [-0.15, -0.1) is 0 Å². The molecule has 1 heterocycles. The summed E-state index contributed by atoms with van der Waals surface area (Å²) in [4.78, 5) is 40.9. The maximum Gasteiger partial charge on any atom is 0.417 e. The van der Waals surface area contributed by atoms with Crippen LogP contribution in [0.25, 0.3) is 0 Å². The molecule has 4 atom stereocenters. The predicted molar refractivity (Wildman–Crippen MR) is 158 cm³/mol. The average Bonchev–Trinajstić information content (AvgIpc) is 3.24. The first-order valence-corrected chi connectivity index (χ1v) is 13.9. The highest BCUT2D eigenvalue weighted by molar-refractivity contribution is 5.96. The zero-order chi connectivity index (χ0) is 29.4. The topological polar surface area (TPSA) is 84.9 Å². The molecule has 4 rings (SSSR count). The number of benzene rings is 3. The largest absolute Gasteiger partial charge is 0.444 e. The summed E-state index contributed by atoms with van der Waals surface area (Å²) < 4.78 is 11.2. The molecule has 3 aromatic carbocycles. The second-order valence-electron chi connectivity index (χ2n) is 11.3. The van der Waals surface area contributed by atoms with Gasteiger partial charge in [-0.2, -0.15) is 0 Å². The van der Waals surface area contributed by atoms with Crippen LogP contribution in [0.15, 0.2) is 103 Å². The maximum atomic E-state index is 14.0. The molecule has 1 N–H and O–H groups in total. The van der Waals surface area contributed by atoms with Gasteiger partial charge in [0.05, 0.1) is 18.0 Å². The molecule has 0 aromatic heterocycles. The molecule has 0 bridgehead atoms. The number of carbonyl (C=O) groups excluding carboxylic acids is 3. The van der Waals surface area contributed by atoms with Crippen molar-refractivity contribution in [2.45, 2.75) is 64.3 Å². The molecule has 0 spiro atoms. The molecule has 0 unspecified atom stereocenters. The van der Waals surface area contributed by atoms with Crippen LogP contribution in [0, 0.1) is 5.92 Å². The highest BCUT2D eigenvalue weighted by Crippen LogP contribution is 2.34. The van der Waals surface area contributed by atoms with Gasteiger partial charge in [0.25, 0.3) is 0 Å². The maximum absolute atomic E-state index is 14.0. The van der Waals surface area contributed by atoms with Crippen LogP contribution in [0.5, 0.6) is 0 Å². The third-order valence-corrected chi connectivity index (χ3v) is 6.83. The lowest BCUT2D eigenvalue weighted by molar-refractivity contribution is -0.131. The van der Waals surface area contributed by atoms with Gasteiger partial charge in [0.15, 0.2) is 0 Å². The Morgan fingerprint density at radius 1 is 0.878 bits per heavy atom. The van der Waals surface area contributed by atoms with Gasteiger partial charge in [0.1, 0.15) is 11.7 Å². The molecule has 1 saturated heterocycles. The minimum Gasteiger partial charge on any atom is -0.444 e. The number of nitrogens with zero attached hydrogens (tertiary/aromatic N) is 1. The third-order valence-electron chi connectivity index (χ3n) is 6.83. The Balaban J connectivity index is 1.60. The number of imide groups is 1. The molecule has 214 valence electrons. The van der Waals surface area contributed by atoms with E-state index in [0.29, 0.717) is 12.8 Å². The van der Waals surface area contributed by atoms with Crippen LogP contribution in [0.1, 0.15) is 50.5 Å². The quantitative estimate of drug-likeness (QED) is 0.300. The van der Waals surface area contributed by atoms with E-state index in [1.807, 2.05) is 125 Å². The van der Waals surface area contributed by atoms with Crippen LogP contribution in [0.2, 0.25) is 0 Å². The smallest absolute Gasteiger partial charge is 0.417 e. The lowest BCUT2D eigenvalue weighted by Gasteiger charge is -2.24. The van der Waals surface area contributed by atoms with Gasteiger partial charge in [0, 0.05) is 0 Å². The van der Waals surface area contributed by atoms with Crippen molar-refractivity contribution < 1.29 is 23.9 Å². The number of hydrogen-bond donors (Lipinski definition) is 1. The van der Waals surface area contributed by atoms with Crippen LogP contribution < -0.4 is 5.32 Å². The minimum absolute atomic E-state index is 0.350. The van der Waals surface area contributed by atoms with E-state index in [4.69, 9.17) is 9.47 Å². The van der Waals surface area contributed by atoms with Gasteiger partial charge < -0.3 is 14.8 Å². The van der Waals surface area contributed by atoms with E-state index in [1.165, 1.54) is 4.90 Å². The zero-order valence-electron chi connectivity index (χ0n) is 24.0. The Kier molecular flexibility index (Phi) is 9.61. The average molecular weight is 555 g/mol. The lowest BCUT2D eigenvalue weighted by Crippen LogP contribution is -2.42. The Hall–Kier alpha value is -4.39. The van der Waals surface area contributed by atoms with Crippen LogP contribution in [0.4, 0.5) is 9.59 Å². The molecule has 3 amide bonds. The van der Waals surface area contributed by atoms with Crippen molar-refractivity contribution in [1.29, 1.82) is 0 Å². The van der Waals surface area contributed by atoms with Crippen molar-refractivity contribution in [3.05, 3.63) is 120 Å². The number of rotatable bonds is 9. The molecule has 1 aliphatic heterocycles. The van der Waals surface area contributed by atoms with Crippen molar-refractivity contribution >= 4 is 18.1 Å². The van der Waals surface area contributed by atoms with Crippen molar-refractivity contribution in [2.24, 2.45) is 5.92 Å². The summed E-state index contributed by atoms with van der Waals surface area (Å²) in [5.41, 5.74) is 2.16. The number of nitrogens with one attached hydrogen (secondary N) is 1. The fraction of sp³-hybridized carbons (Fsp3) is 0.324. The SMILES string of the molecule is C[C@@H]1[C@H](c2ccccc2)OC(=O)N1C(=O)[C@@H](/C=C/[C@H](Cc1ccccc1)NC(=O)OC(C)(C)C)Cc1ccccc1. The zero-order valence-corrected chi connectivity index (χ0v) is 24.0. The van der Waals surface area contributed by atoms with Crippen molar-refractivity contribution in [3.8, 4) is 0 Å². The molecule has 7 heteroatoms. The predicted octanol–water partition coefficient (Wildman–Crippen LogP) is 6.65. The van der Waals surface area contributed by atoms with E-state index < -0.39 is 41.9 Å². The number of cyclic esters (lactones) is 1. The monoisotopic (exact) mass is 554 g/mol. The Morgan fingerprint density at radius 3 is 1.98 bits per heavy atom. The van der Waals surface area contributed by atoms with Crippen LogP contribution in [0.3, 0.4) is 0 Å². The van der Waals surface area contributed by atoms with Crippen molar-refractivity contribution in [2.75, 3.05) is 0 Å². The summed E-state index contributed by atoms with van der Waals surface area (Å²) in [5, 5.41) is 2.93. The van der Waals surface area contributed by atoms with E-state index in [9.17, 15) is 14.4 Å². The van der Waals surface area contributed by atoms with Gasteiger partial charge in [-0.25, -0.2) is 14.5 Å². The van der Waals surface area contributed by atoms with Gasteiger partial charge >= 0.3 is 12.2 Å². The van der Waals surface area contributed by atoms with E-state index in [-0.39, 0.29) is 5.91 Å². The highest BCUT2D eigenvalue weighted by Gasteiger charge is 2.44. The molecule has 41 heavy (non-hydrogen) atoms. The second-order valence-corrected chi connectivity index (χ2v) is 11.3. The number of carbonyl (C=O) groups is 3. The standard InChI is InChI=1S/C34H38N2O5/c1-24-30(27-18-12-7-13-19-27)40-33(39)36(24)31(37)28(22-25-14-8-5-9-15-25)20-21-29(23-26-16-10-6-11-17-26)35-32(38)41-34(2,3)4/h5-21,24,28-30H,22-23H2,1-4H3,(H,35,38)/b21-20+/t24-,28+,29-,30-/m1/s1. The fourth-order valence-corrected chi connectivity index (χ4v) is 4.89. The minimum atomic E-state index is -0.666. The van der Waals surface area contributed by atoms with Gasteiger partial charge in [-0.3, -0.25) is 4.79 Å². The van der Waals surface area contributed by atoms with Crippen molar-refractivity contribution in [3.63, 3.8) is 0 Å². The molecule has 1 fully saturated rings. The van der Waals surface area contributed by atoms with Gasteiger partial charge in [0.2, 0.25) is 5.91 Å². The van der Waals surface area contributed by atoms with E-state index >= 15 is 0 Å². The summed E-state index contributed by atoms with van der Waals surface area (Å²) in [6, 6.07) is 27.9. The number of ether oxygens (including phenoxy) is 2. The first-order chi connectivity index (χ1) is 19.6. The van der Waals surface area contributed by atoms with E-state index in [1.54, 1.807) is 6.08 Å². The number of alkyl carbamates (subject to hydrolysis) is 1. The first kappa shape index (κ1) is 29.6. The first-order valence-electron chi connectivity index (χ1n) is 13.9. The number of amides is 3. The highest BCUT2D eigenvalue weighted by atomic mass is 16.6. The normalized spacial score (nSPS) is 18.5. The molecule has 0 aliphatic carbocycles. The second kappa shape index (κ2) is 13.3. The van der Waals surface area contributed by atoms with Crippen LogP contribution in [-0.4, -0.2) is 40.7 Å². The molecule has 3 aromatic rings. The van der Waals surface area contributed by atoms with Gasteiger partial charge in [-0.05, 0) is 57.2 Å². The molecular weight excluding hydrogens is 516 g/mol. The summed E-state index contributed by atoms with van der Waals surface area (Å²) in [6.45, 7) is 7.25.